The van der Waals surface area contributed by atoms with Crippen molar-refractivity contribution in [2.24, 2.45) is 0 Å². The van der Waals surface area contributed by atoms with Crippen LogP contribution in [0.2, 0.25) is 0 Å². The number of benzene rings is 2. The molecule has 8 nitrogen and oxygen atoms in total. The number of thiophene rings is 1. The second kappa shape index (κ2) is 8.76. The van der Waals surface area contributed by atoms with Crippen LogP contribution in [0.1, 0.15) is 11.5 Å². The number of hydrogen-bond acceptors (Lipinski definition) is 8. The molecule has 3 heterocycles. The second-order valence-corrected chi connectivity index (χ2v) is 8.87. The first-order chi connectivity index (χ1) is 15.6. The Balaban J connectivity index is 1.29. The third-order valence-electron chi connectivity index (χ3n) is 6.07. The maximum Gasteiger partial charge on any atom is 0.270 e. The number of nitro benzene ring substituents is 1. The fourth-order valence-corrected chi connectivity index (χ4v) is 5.42. The molecule has 1 unspecified atom stereocenters. The van der Waals surface area contributed by atoms with Gasteiger partial charge < -0.3 is 19.2 Å². The maximum atomic E-state index is 12.0. The highest BCUT2D eigenvalue weighted by Gasteiger charge is 2.26. The van der Waals surface area contributed by atoms with Crippen LogP contribution in [0.25, 0.3) is 10.1 Å². The van der Waals surface area contributed by atoms with Gasteiger partial charge in [-0.2, -0.15) is 0 Å². The zero-order chi connectivity index (χ0) is 22.1. The molecule has 3 aromatic rings. The van der Waals surface area contributed by atoms with E-state index in [-0.39, 0.29) is 11.6 Å². The van der Waals surface area contributed by atoms with Crippen LogP contribution in [-0.4, -0.2) is 62.0 Å². The number of anilines is 1. The normalized spacial score (nSPS) is 17.3. The number of hydrogen-bond donors (Lipinski definition) is 0. The van der Waals surface area contributed by atoms with Crippen molar-refractivity contribution in [3.63, 3.8) is 0 Å². The Morgan fingerprint density at radius 3 is 2.72 bits per heavy atom. The van der Waals surface area contributed by atoms with E-state index in [4.69, 9.17) is 9.47 Å². The summed E-state index contributed by atoms with van der Waals surface area (Å²) in [6.07, 6.45) is 0.964. The molecular formula is C23H23N3O5S. The molecule has 1 fully saturated rings. The van der Waals surface area contributed by atoms with Crippen LogP contribution in [0.3, 0.4) is 0 Å². The molecule has 0 amide bonds. The molecule has 166 valence electrons. The van der Waals surface area contributed by atoms with E-state index in [1.165, 1.54) is 17.4 Å². The van der Waals surface area contributed by atoms with E-state index in [1.54, 1.807) is 12.1 Å². The van der Waals surface area contributed by atoms with Crippen LogP contribution in [-0.2, 0) is 4.79 Å². The van der Waals surface area contributed by atoms with E-state index in [2.05, 4.69) is 15.9 Å². The molecule has 2 aliphatic heterocycles. The van der Waals surface area contributed by atoms with E-state index < -0.39 is 4.92 Å². The number of para-hydroxylation sites is 1. The molecular weight excluding hydrogens is 430 g/mol. The Morgan fingerprint density at radius 2 is 1.94 bits per heavy atom. The Bertz CT molecular complexity index is 1160. The van der Waals surface area contributed by atoms with E-state index in [1.807, 2.05) is 17.5 Å². The molecule has 32 heavy (non-hydrogen) atoms. The Hall–Kier alpha value is -3.17. The molecule has 0 aliphatic carbocycles. The fraction of sp³-hybridized carbons (Fsp3) is 0.348. The van der Waals surface area contributed by atoms with Crippen LogP contribution < -0.4 is 14.4 Å². The van der Waals surface area contributed by atoms with Crippen LogP contribution in [0, 0.1) is 10.1 Å². The largest absolute Gasteiger partial charge is 0.486 e. The average Bonchev–Trinajstić information content (AvgIpc) is 3.26. The van der Waals surface area contributed by atoms with Gasteiger partial charge in [0.1, 0.15) is 19.5 Å². The molecule has 0 spiro atoms. The number of non-ortho nitro benzene ring substituents is 1. The van der Waals surface area contributed by atoms with Gasteiger partial charge in [0, 0.05) is 54.9 Å². The lowest BCUT2D eigenvalue weighted by Gasteiger charge is -2.38. The number of fused-ring (bicyclic) bond motifs is 2. The topological polar surface area (TPSA) is 85.2 Å². The summed E-state index contributed by atoms with van der Waals surface area (Å²) in [5.74, 6) is 1.28. The monoisotopic (exact) mass is 453 g/mol. The predicted molar refractivity (Wildman–Crippen MR) is 123 cm³/mol. The quantitative estimate of drug-likeness (QED) is 0.320. The standard InChI is InChI=1S/C23H23N3O5S/c27-14-16(19-15-32-22-5-4-17(26(28)29)12-18(19)22)13-24-6-8-25(9-7-24)20-2-1-3-21-23(20)31-11-10-30-21/h1-5,12,14-16H,6-11,13H2. The van der Waals surface area contributed by atoms with Crippen molar-refractivity contribution in [1.29, 1.82) is 0 Å². The highest BCUT2D eigenvalue weighted by molar-refractivity contribution is 7.17. The van der Waals surface area contributed by atoms with Crippen molar-refractivity contribution in [3.8, 4) is 11.5 Å². The highest BCUT2D eigenvalue weighted by atomic mass is 32.1. The van der Waals surface area contributed by atoms with Crippen LogP contribution >= 0.6 is 11.3 Å². The number of piperazine rings is 1. The minimum absolute atomic E-state index is 0.0489. The van der Waals surface area contributed by atoms with Crippen LogP contribution in [0.4, 0.5) is 11.4 Å². The lowest BCUT2D eigenvalue weighted by Crippen LogP contribution is -2.47. The third kappa shape index (κ3) is 3.89. The molecule has 0 bridgehead atoms. The lowest BCUT2D eigenvalue weighted by molar-refractivity contribution is -0.384. The first kappa shape index (κ1) is 20.7. The van der Waals surface area contributed by atoms with Crippen LogP contribution in [0.5, 0.6) is 11.5 Å². The second-order valence-electron chi connectivity index (χ2n) is 7.96. The van der Waals surface area contributed by atoms with Crippen LogP contribution in [0.15, 0.2) is 41.8 Å². The molecule has 0 radical (unpaired) electrons. The van der Waals surface area contributed by atoms with E-state index >= 15 is 0 Å². The van der Waals surface area contributed by atoms with Gasteiger partial charge >= 0.3 is 0 Å². The molecule has 2 aromatic carbocycles. The number of carbonyl (C=O) groups excluding carboxylic acids is 1. The predicted octanol–water partition coefficient (Wildman–Crippen LogP) is 3.69. The summed E-state index contributed by atoms with van der Waals surface area (Å²) in [7, 11) is 0. The summed E-state index contributed by atoms with van der Waals surface area (Å²) in [6.45, 7) is 4.99. The smallest absolute Gasteiger partial charge is 0.270 e. The Labute approximate surface area is 189 Å². The minimum Gasteiger partial charge on any atom is -0.486 e. The molecule has 1 saturated heterocycles. The zero-order valence-corrected chi connectivity index (χ0v) is 18.3. The van der Waals surface area contributed by atoms with Gasteiger partial charge in [0.15, 0.2) is 11.5 Å². The molecule has 0 N–H and O–H groups in total. The molecule has 5 rings (SSSR count). The number of rotatable bonds is 6. The van der Waals surface area contributed by atoms with Gasteiger partial charge in [-0.1, -0.05) is 6.07 Å². The minimum atomic E-state index is -0.396. The van der Waals surface area contributed by atoms with Crippen molar-refractivity contribution in [3.05, 3.63) is 57.5 Å². The maximum absolute atomic E-state index is 12.0. The summed E-state index contributed by atoms with van der Waals surface area (Å²) in [5.41, 5.74) is 1.96. The van der Waals surface area contributed by atoms with Crippen molar-refractivity contribution in [2.45, 2.75) is 5.92 Å². The number of aldehydes is 1. The first-order valence-electron chi connectivity index (χ1n) is 10.6. The summed E-state index contributed by atoms with van der Waals surface area (Å²) in [6, 6.07) is 10.8. The summed E-state index contributed by atoms with van der Waals surface area (Å²) in [4.78, 5) is 27.4. The summed E-state index contributed by atoms with van der Waals surface area (Å²) >= 11 is 1.52. The molecule has 2 aliphatic rings. The van der Waals surface area contributed by atoms with E-state index in [0.29, 0.717) is 19.8 Å². The van der Waals surface area contributed by atoms with Gasteiger partial charge in [0.25, 0.3) is 5.69 Å². The van der Waals surface area contributed by atoms with E-state index in [0.717, 1.165) is 65.3 Å². The average molecular weight is 454 g/mol. The molecule has 9 heteroatoms. The van der Waals surface area contributed by atoms with Gasteiger partial charge in [-0.05, 0) is 29.1 Å². The molecule has 1 aromatic heterocycles. The van der Waals surface area contributed by atoms with Crippen molar-refractivity contribution >= 4 is 39.1 Å². The summed E-state index contributed by atoms with van der Waals surface area (Å²) in [5, 5.41) is 13.9. The highest BCUT2D eigenvalue weighted by Crippen LogP contribution is 2.40. The first-order valence-corrected chi connectivity index (χ1v) is 11.5. The Kier molecular flexibility index (Phi) is 5.67. The molecule has 0 saturated carbocycles. The zero-order valence-electron chi connectivity index (χ0n) is 17.4. The third-order valence-corrected chi connectivity index (χ3v) is 7.06. The Morgan fingerprint density at radius 1 is 1.12 bits per heavy atom. The molecule has 1 atom stereocenters. The number of nitrogens with zero attached hydrogens (tertiary/aromatic N) is 3. The number of nitro groups is 1. The number of ether oxygens (including phenoxy) is 2. The van der Waals surface area contributed by atoms with Crippen molar-refractivity contribution in [1.82, 2.24) is 4.90 Å². The summed E-state index contributed by atoms with van der Waals surface area (Å²) < 4.78 is 12.5. The van der Waals surface area contributed by atoms with Gasteiger partial charge in [-0.25, -0.2) is 0 Å². The van der Waals surface area contributed by atoms with Crippen molar-refractivity contribution < 1.29 is 19.2 Å². The van der Waals surface area contributed by atoms with Gasteiger partial charge in [-0.15, -0.1) is 11.3 Å². The van der Waals surface area contributed by atoms with Crippen molar-refractivity contribution in [2.75, 3.05) is 50.8 Å². The lowest BCUT2D eigenvalue weighted by atomic mass is 9.98. The van der Waals surface area contributed by atoms with Gasteiger partial charge in [-0.3, -0.25) is 15.0 Å². The van der Waals surface area contributed by atoms with Gasteiger partial charge in [0.05, 0.1) is 16.5 Å². The number of carbonyl (C=O) groups is 1. The van der Waals surface area contributed by atoms with Gasteiger partial charge in [0.2, 0.25) is 0 Å². The SMILES string of the molecule is O=CC(CN1CCN(c2cccc3c2OCCO3)CC1)c1csc2ccc([N+](=O)[O-])cc12. The fourth-order valence-electron chi connectivity index (χ4n) is 4.41. The van der Waals surface area contributed by atoms with E-state index in [9.17, 15) is 14.9 Å².